The van der Waals surface area contributed by atoms with Crippen LogP contribution in [0, 0.1) is 11.8 Å². The molecule has 0 spiro atoms. The highest BCUT2D eigenvalue weighted by molar-refractivity contribution is 4.92. The summed E-state index contributed by atoms with van der Waals surface area (Å²) in [4.78, 5) is 0. The third kappa shape index (κ3) is 10.2. The molecular formula is C15H30O. The van der Waals surface area contributed by atoms with Gasteiger partial charge in [-0.05, 0) is 44.9 Å². The Morgan fingerprint density at radius 1 is 1.00 bits per heavy atom. The van der Waals surface area contributed by atoms with Crippen LogP contribution >= 0.6 is 0 Å². The molecule has 0 aliphatic rings. The van der Waals surface area contributed by atoms with E-state index >= 15 is 0 Å². The van der Waals surface area contributed by atoms with Crippen LogP contribution < -0.4 is 0 Å². The molecule has 0 heterocycles. The van der Waals surface area contributed by atoms with Gasteiger partial charge >= 0.3 is 0 Å². The minimum Gasteiger partial charge on any atom is -0.396 e. The highest BCUT2D eigenvalue weighted by Crippen LogP contribution is 2.17. The van der Waals surface area contributed by atoms with Gasteiger partial charge in [0, 0.05) is 6.61 Å². The molecule has 1 N–H and O–H groups in total. The van der Waals surface area contributed by atoms with Crippen molar-refractivity contribution in [2.24, 2.45) is 11.8 Å². The third-order valence-corrected chi connectivity index (χ3v) is 3.17. The van der Waals surface area contributed by atoms with Gasteiger partial charge in [-0.1, -0.05) is 44.8 Å². The minimum absolute atomic E-state index is 0.343. The van der Waals surface area contributed by atoms with Crippen LogP contribution in [0.25, 0.3) is 0 Å². The van der Waals surface area contributed by atoms with Crippen molar-refractivity contribution in [3.63, 3.8) is 0 Å². The van der Waals surface area contributed by atoms with Crippen LogP contribution in [0.5, 0.6) is 0 Å². The monoisotopic (exact) mass is 226 g/mol. The first-order valence-electron chi connectivity index (χ1n) is 6.80. The summed E-state index contributed by atoms with van der Waals surface area (Å²) >= 11 is 0. The first-order chi connectivity index (χ1) is 7.56. The fourth-order valence-corrected chi connectivity index (χ4v) is 1.88. The molecule has 96 valence electrons. The Balaban J connectivity index is 3.37. The molecule has 2 unspecified atom stereocenters. The van der Waals surface area contributed by atoms with Gasteiger partial charge in [0.05, 0.1) is 0 Å². The van der Waals surface area contributed by atoms with E-state index in [2.05, 4.69) is 33.8 Å². The van der Waals surface area contributed by atoms with Crippen LogP contribution in [-0.4, -0.2) is 11.7 Å². The van der Waals surface area contributed by atoms with Crippen molar-refractivity contribution in [1.29, 1.82) is 0 Å². The van der Waals surface area contributed by atoms with E-state index in [1.165, 1.54) is 44.1 Å². The summed E-state index contributed by atoms with van der Waals surface area (Å²) in [5.74, 6) is 1.33. The van der Waals surface area contributed by atoms with Crippen LogP contribution in [0.4, 0.5) is 0 Å². The molecule has 0 aliphatic carbocycles. The molecule has 0 saturated heterocycles. The first kappa shape index (κ1) is 15.7. The lowest BCUT2D eigenvalue weighted by atomic mass is 9.96. The van der Waals surface area contributed by atoms with Crippen LogP contribution in [0.3, 0.4) is 0 Å². The van der Waals surface area contributed by atoms with Crippen molar-refractivity contribution in [3.8, 4) is 0 Å². The maximum absolute atomic E-state index is 8.90. The SMILES string of the molecule is CC(C)=CCCC(C)CCCCC(C)CO. The number of allylic oxidation sites excluding steroid dienone is 2. The van der Waals surface area contributed by atoms with Gasteiger partial charge in [-0.2, -0.15) is 0 Å². The van der Waals surface area contributed by atoms with Gasteiger partial charge in [0.15, 0.2) is 0 Å². The predicted molar refractivity (Wildman–Crippen MR) is 72.5 cm³/mol. The molecule has 1 heteroatoms. The van der Waals surface area contributed by atoms with Crippen LogP contribution in [0.1, 0.15) is 66.2 Å². The molecule has 16 heavy (non-hydrogen) atoms. The summed E-state index contributed by atoms with van der Waals surface area (Å²) in [6, 6.07) is 0. The quantitative estimate of drug-likeness (QED) is 0.451. The number of aliphatic hydroxyl groups excluding tert-OH is 1. The number of hydrogen-bond donors (Lipinski definition) is 1. The smallest absolute Gasteiger partial charge is 0.0456 e. The van der Waals surface area contributed by atoms with E-state index in [0.29, 0.717) is 12.5 Å². The molecule has 1 nitrogen and oxygen atoms in total. The van der Waals surface area contributed by atoms with Gasteiger partial charge in [-0.25, -0.2) is 0 Å². The second-order valence-electron chi connectivity index (χ2n) is 5.54. The van der Waals surface area contributed by atoms with Gasteiger partial charge < -0.3 is 5.11 Å². The van der Waals surface area contributed by atoms with Crippen molar-refractivity contribution in [2.45, 2.75) is 66.2 Å². The summed E-state index contributed by atoms with van der Waals surface area (Å²) in [6.45, 7) is 9.16. The van der Waals surface area contributed by atoms with Gasteiger partial charge in [-0.15, -0.1) is 0 Å². The summed E-state index contributed by atoms with van der Waals surface area (Å²) in [5, 5.41) is 8.90. The molecule has 0 fully saturated rings. The number of hydrogen-bond acceptors (Lipinski definition) is 1. The molecule has 0 aromatic carbocycles. The normalized spacial score (nSPS) is 14.6. The van der Waals surface area contributed by atoms with Crippen LogP contribution in [-0.2, 0) is 0 Å². The minimum atomic E-state index is 0.343. The lowest BCUT2D eigenvalue weighted by Crippen LogP contribution is -2.01. The van der Waals surface area contributed by atoms with E-state index in [0.717, 1.165) is 5.92 Å². The molecular weight excluding hydrogens is 196 g/mol. The lowest BCUT2D eigenvalue weighted by Gasteiger charge is -2.11. The molecule has 0 amide bonds. The average molecular weight is 226 g/mol. The lowest BCUT2D eigenvalue weighted by molar-refractivity contribution is 0.226. The van der Waals surface area contributed by atoms with Crippen LogP contribution in [0.15, 0.2) is 11.6 Å². The molecule has 0 saturated carbocycles. The largest absolute Gasteiger partial charge is 0.396 e. The van der Waals surface area contributed by atoms with E-state index in [1.54, 1.807) is 0 Å². The molecule has 0 aliphatic heterocycles. The Morgan fingerprint density at radius 2 is 1.56 bits per heavy atom. The highest BCUT2D eigenvalue weighted by Gasteiger charge is 2.03. The number of rotatable bonds is 9. The fourth-order valence-electron chi connectivity index (χ4n) is 1.88. The van der Waals surface area contributed by atoms with E-state index in [-0.39, 0.29) is 0 Å². The van der Waals surface area contributed by atoms with Gasteiger partial charge in [0.2, 0.25) is 0 Å². The van der Waals surface area contributed by atoms with Gasteiger partial charge in [-0.3, -0.25) is 0 Å². The Morgan fingerprint density at radius 3 is 2.06 bits per heavy atom. The molecule has 0 aromatic rings. The van der Waals surface area contributed by atoms with E-state index in [1.807, 2.05) is 0 Å². The summed E-state index contributed by atoms with van der Waals surface area (Å²) in [5.41, 5.74) is 1.43. The molecule has 0 bridgehead atoms. The van der Waals surface area contributed by atoms with Crippen molar-refractivity contribution >= 4 is 0 Å². The topological polar surface area (TPSA) is 20.2 Å². The first-order valence-corrected chi connectivity index (χ1v) is 6.80. The zero-order valence-corrected chi connectivity index (χ0v) is 11.6. The van der Waals surface area contributed by atoms with Crippen molar-refractivity contribution in [1.82, 2.24) is 0 Å². The van der Waals surface area contributed by atoms with Crippen molar-refractivity contribution in [3.05, 3.63) is 11.6 Å². The molecule has 0 rings (SSSR count). The van der Waals surface area contributed by atoms with Gasteiger partial charge in [0.25, 0.3) is 0 Å². The van der Waals surface area contributed by atoms with E-state index in [9.17, 15) is 0 Å². The summed E-state index contributed by atoms with van der Waals surface area (Å²) in [7, 11) is 0. The third-order valence-electron chi connectivity index (χ3n) is 3.17. The standard InChI is InChI=1S/C15H30O/c1-13(2)8-7-11-14(3)9-5-6-10-15(4)12-16/h8,14-16H,5-7,9-12H2,1-4H3. The van der Waals surface area contributed by atoms with Gasteiger partial charge in [0.1, 0.15) is 0 Å². The molecule has 2 atom stereocenters. The fraction of sp³-hybridized carbons (Fsp3) is 0.867. The zero-order valence-electron chi connectivity index (χ0n) is 11.6. The van der Waals surface area contributed by atoms with Crippen molar-refractivity contribution in [2.75, 3.05) is 6.61 Å². The number of aliphatic hydroxyl groups is 1. The Kier molecular flexibility index (Phi) is 9.71. The average Bonchev–Trinajstić information content (AvgIpc) is 2.23. The molecule has 0 aromatic heterocycles. The molecule has 0 radical (unpaired) electrons. The second-order valence-corrected chi connectivity index (χ2v) is 5.54. The summed E-state index contributed by atoms with van der Waals surface area (Å²) in [6.07, 6.45) is 10.0. The van der Waals surface area contributed by atoms with Crippen molar-refractivity contribution < 1.29 is 5.11 Å². The zero-order chi connectivity index (χ0) is 12.4. The Labute approximate surface area is 102 Å². The number of unbranched alkanes of at least 4 members (excludes halogenated alkanes) is 1. The Bertz CT molecular complexity index is 180. The van der Waals surface area contributed by atoms with Crippen LogP contribution in [0.2, 0.25) is 0 Å². The van der Waals surface area contributed by atoms with E-state index in [4.69, 9.17) is 5.11 Å². The Hall–Kier alpha value is -0.300. The maximum Gasteiger partial charge on any atom is 0.0456 e. The summed E-state index contributed by atoms with van der Waals surface area (Å²) < 4.78 is 0. The second kappa shape index (κ2) is 9.89. The highest BCUT2D eigenvalue weighted by atomic mass is 16.3. The predicted octanol–water partition coefficient (Wildman–Crippen LogP) is 4.56. The maximum atomic E-state index is 8.90. The van der Waals surface area contributed by atoms with E-state index < -0.39 is 0 Å².